The van der Waals surface area contributed by atoms with E-state index in [9.17, 15) is 13.2 Å². The summed E-state index contributed by atoms with van der Waals surface area (Å²) in [4.78, 5) is 17.1. The predicted octanol–water partition coefficient (Wildman–Crippen LogP) is 1.97. The van der Waals surface area contributed by atoms with Gasteiger partial charge >= 0.3 is 0 Å². The second kappa shape index (κ2) is 7.76. The van der Waals surface area contributed by atoms with Crippen LogP contribution in [0.5, 0.6) is 0 Å². The Bertz CT molecular complexity index is 1240. The first kappa shape index (κ1) is 19.9. The van der Waals surface area contributed by atoms with E-state index in [4.69, 9.17) is 0 Å². The zero-order valence-corrected chi connectivity index (χ0v) is 17.2. The molecule has 0 unspecified atom stereocenters. The minimum atomic E-state index is -3.12. The van der Waals surface area contributed by atoms with Crippen molar-refractivity contribution in [2.75, 3.05) is 11.5 Å². The molecule has 1 amide bonds. The van der Waals surface area contributed by atoms with E-state index in [1.54, 1.807) is 60.5 Å². The number of sulfone groups is 1. The third-order valence-corrected chi connectivity index (χ3v) is 6.82. The Kier molecular flexibility index (Phi) is 5.14. The van der Waals surface area contributed by atoms with Gasteiger partial charge in [0, 0.05) is 24.2 Å². The number of pyridine rings is 1. The van der Waals surface area contributed by atoms with Crippen molar-refractivity contribution in [1.82, 2.24) is 20.1 Å². The highest BCUT2D eigenvalue weighted by atomic mass is 32.2. The van der Waals surface area contributed by atoms with Crippen LogP contribution in [0.4, 0.5) is 0 Å². The molecule has 4 rings (SSSR count). The van der Waals surface area contributed by atoms with Gasteiger partial charge in [-0.25, -0.2) is 18.1 Å². The lowest BCUT2D eigenvalue weighted by atomic mass is 10.0. The van der Waals surface area contributed by atoms with Gasteiger partial charge < -0.3 is 5.32 Å². The van der Waals surface area contributed by atoms with Gasteiger partial charge in [0.1, 0.15) is 5.69 Å². The van der Waals surface area contributed by atoms with Crippen molar-refractivity contribution in [3.63, 3.8) is 0 Å². The first-order valence-electron chi connectivity index (χ1n) is 9.44. The maximum Gasteiger partial charge on any atom is 0.251 e. The summed E-state index contributed by atoms with van der Waals surface area (Å²) in [6, 6.07) is 12.4. The standard InChI is InChI=1S/C22H20N4O3S/c1-22(10-14-30(28,29)16-22)25-21(27)18-7-9-20(26-13-4-12-24-26)17(15-18)6-8-19-5-2-3-11-23-19/h2-5,7,9,11-13,15H,10,14,16H2,1H3,(H,25,27)/t22-/m1/s1. The lowest BCUT2D eigenvalue weighted by molar-refractivity contribution is 0.0915. The fourth-order valence-electron chi connectivity index (χ4n) is 3.41. The first-order valence-corrected chi connectivity index (χ1v) is 11.3. The number of hydrogen-bond acceptors (Lipinski definition) is 5. The van der Waals surface area contributed by atoms with Crippen LogP contribution in [0.3, 0.4) is 0 Å². The molecule has 0 aliphatic carbocycles. The summed E-state index contributed by atoms with van der Waals surface area (Å²) < 4.78 is 25.3. The molecular weight excluding hydrogens is 400 g/mol. The van der Waals surface area contributed by atoms with E-state index < -0.39 is 15.4 Å². The Morgan fingerprint density at radius 1 is 1.17 bits per heavy atom. The summed E-state index contributed by atoms with van der Waals surface area (Å²) in [5.41, 5.74) is 1.59. The van der Waals surface area contributed by atoms with E-state index >= 15 is 0 Å². The molecule has 0 saturated carbocycles. The van der Waals surface area contributed by atoms with Crippen molar-refractivity contribution in [2.24, 2.45) is 0 Å². The minimum absolute atomic E-state index is 0.0521. The summed E-state index contributed by atoms with van der Waals surface area (Å²) in [7, 11) is -3.12. The smallest absolute Gasteiger partial charge is 0.251 e. The van der Waals surface area contributed by atoms with Crippen LogP contribution < -0.4 is 5.32 Å². The van der Waals surface area contributed by atoms with Crippen LogP contribution in [0.25, 0.3) is 5.69 Å². The quantitative estimate of drug-likeness (QED) is 0.654. The van der Waals surface area contributed by atoms with Gasteiger partial charge in [0.15, 0.2) is 9.84 Å². The molecule has 1 fully saturated rings. The van der Waals surface area contributed by atoms with Crippen molar-refractivity contribution >= 4 is 15.7 Å². The molecule has 1 atom stereocenters. The third-order valence-electron chi connectivity index (χ3n) is 4.92. The van der Waals surface area contributed by atoms with E-state index in [1.165, 1.54) is 0 Å². The van der Waals surface area contributed by atoms with E-state index in [0.717, 1.165) is 5.69 Å². The molecule has 8 heteroatoms. The maximum absolute atomic E-state index is 12.9. The van der Waals surface area contributed by atoms with Crippen LogP contribution in [-0.4, -0.2) is 46.1 Å². The molecule has 0 radical (unpaired) electrons. The lowest BCUT2D eigenvalue weighted by Crippen LogP contribution is -2.46. The molecule has 3 aromatic rings. The average molecular weight is 420 g/mol. The molecule has 7 nitrogen and oxygen atoms in total. The predicted molar refractivity (Wildman–Crippen MR) is 113 cm³/mol. The SMILES string of the molecule is C[C@@]1(NC(=O)c2ccc(-n3cccn3)c(C#Cc3ccccn3)c2)CCS(=O)(=O)C1. The molecular formula is C22H20N4O3S. The second-order valence-corrected chi connectivity index (χ2v) is 9.69. The topological polar surface area (TPSA) is 93.9 Å². The molecule has 152 valence electrons. The van der Waals surface area contributed by atoms with Crippen molar-refractivity contribution in [3.05, 3.63) is 77.9 Å². The number of carbonyl (C=O) groups is 1. The van der Waals surface area contributed by atoms with Gasteiger partial charge in [0.2, 0.25) is 0 Å². The Morgan fingerprint density at radius 2 is 2.03 bits per heavy atom. The summed E-state index contributed by atoms with van der Waals surface area (Å²) in [6.07, 6.45) is 5.53. The fraction of sp³-hybridized carbons (Fsp3) is 0.227. The summed E-state index contributed by atoms with van der Waals surface area (Å²) in [5, 5.41) is 7.13. The zero-order chi connectivity index (χ0) is 21.2. The Hall–Kier alpha value is -3.44. The Morgan fingerprint density at radius 3 is 2.70 bits per heavy atom. The van der Waals surface area contributed by atoms with Crippen LogP contribution in [-0.2, 0) is 9.84 Å². The molecule has 2 aromatic heterocycles. The molecule has 3 heterocycles. The molecule has 0 bridgehead atoms. The van der Waals surface area contributed by atoms with Gasteiger partial charge in [-0.2, -0.15) is 5.10 Å². The minimum Gasteiger partial charge on any atom is -0.346 e. The van der Waals surface area contributed by atoms with E-state index in [1.807, 2.05) is 12.1 Å². The molecule has 1 aliphatic rings. The van der Waals surface area contributed by atoms with Crippen LogP contribution >= 0.6 is 0 Å². The van der Waals surface area contributed by atoms with Crippen LogP contribution in [0.2, 0.25) is 0 Å². The molecule has 1 N–H and O–H groups in total. The number of carbonyl (C=O) groups excluding carboxylic acids is 1. The van der Waals surface area contributed by atoms with E-state index in [-0.39, 0.29) is 17.4 Å². The van der Waals surface area contributed by atoms with E-state index in [2.05, 4.69) is 27.2 Å². The van der Waals surface area contributed by atoms with Crippen LogP contribution in [0.15, 0.2) is 61.1 Å². The summed E-state index contributed by atoms with van der Waals surface area (Å²) >= 11 is 0. The normalized spacial score (nSPS) is 19.6. The van der Waals surface area contributed by atoms with Crippen molar-refractivity contribution in [3.8, 4) is 17.5 Å². The number of hydrogen-bond donors (Lipinski definition) is 1. The van der Waals surface area contributed by atoms with Gasteiger partial charge in [-0.05, 0) is 55.7 Å². The second-order valence-electron chi connectivity index (χ2n) is 7.50. The molecule has 1 aliphatic heterocycles. The maximum atomic E-state index is 12.9. The number of aromatic nitrogens is 3. The Labute approximate surface area is 175 Å². The number of rotatable bonds is 3. The highest BCUT2D eigenvalue weighted by Crippen LogP contribution is 2.24. The number of nitrogens with zero attached hydrogens (tertiary/aromatic N) is 3. The van der Waals surface area contributed by atoms with E-state index in [0.29, 0.717) is 23.2 Å². The molecule has 1 saturated heterocycles. The summed E-state index contributed by atoms with van der Waals surface area (Å²) in [5.74, 6) is 5.79. The van der Waals surface area contributed by atoms with Crippen molar-refractivity contribution in [1.29, 1.82) is 0 Å². The third kappa shape index (κ3) is 4.42. The average Bonchev–Trinajstić information content (AvgIpc) is 3.34. The molecule has 1 aromatic carbocycles. The fourth-order valence-corrected chi connectivity index (χ4v) is 5.50. The van der Waals surface area contributed by atoms with Crippen LogP contribution in [0, 0.1) is 11.8 Å². The number of nitrogens with one attached hydrogen (secondary N) is 1. The summed E-state index contributed by atoms with van der Waals surface area (Å²) in [6.45, 7) is 1.76. The van der Waals surface area contributed by atoms with Crippen molar-refractivity contribution < 1.29 is 13.2 Å². The zero-order valence-electron chi connectivity index (χ0n) is 16.4. The van der Waals surface area contributed by atoms with Gasteiger partial charge in [0.25, 0.3) is 5.91 Å². The monoisotopic (exact) mass is 420 g/mol. The molecule has 30 heavy (non-hydrogen) atoms. The van der Waals surface area contributed by atoms with Gasteiger partial charge in [0.05, 0.1) is 28.3 Å². The number of benzene rings is 1. The molecule has 0 spiro atoms. The van der Waals surface area contributed by atoms with Crippen molar-refractivity contribution in [2.45, 2.75) is 18.9 Å². The highest BCUT2D eigenvalue weighted by Gasteiger charge is 2.39. The Balaban J connectivity index is 1.67. The number of amides is 1. The van der Waals surface area contributed by atoms with Gasteiger partial charge in [-0.1, -0.05) is 12.0 Å². The van der Waals surface area contributed by atoms with Crippen LogP contribution in [0.1, 0.15) is 35.0 Å². The first-order chi connectivity index (χ1) is 14.3. The largest absolute Gasteiger partial charge is 0.346 e. The highest BCUT2D eigenvalue weighted by molar-refractivity contribution is 7.91. The van der Waals surface area contributed by atoms with Gasteiger partial charge in [-0.15, -0.1) is 0 Å². The van der Waals surface area contributed by atoms with Gasteiger partial charge in [-0.3, -0.25) is 4.79 Å². The lowest BCUT2D eigenvalue weighted by Gasteiger charge is -2.24.